The van der Waals surface area contributed by atoms with Crippen LogP contribution in [0.5, 0.6) is 0 Å². The number of hydrogen-bond donors (Lipinski definition) is 0. The molecule has 1 fully saturated rings. The van der Waals surface area contributed by atoms with E-state index in [9.17, 15) is 18.0 Å². The molecule has 30 heavy (non-hydrogen) atoms. The Morgan fingerprint density at radius 2 is 1.80 bits per heavy atom. The SMILES string of the molecule is CN(C)c1cccc(C(=O)OCC(=O)N(Cc2ccccc2)[C@H]2CCS(=O)(=O)C2)c1. The van der Waals surface area contributed by atoms with Gasteiger partial charge < -0.3 is 14.5 Å². The summed E-state index contributed by atoms with van der Waals surface area (Å²) in [6.07, 6.45) is 0.389. The van der Waals surface area contributed by atoms with Gasteiger partial charge in [0.2, 0.25) is 0 Å². The second-order valence-corrected chi connectivity index (χ2v) is 9.81. The molecule has 0 spiro atoms. The van der Waals surface area contributed by atoms with E-state index in [-0.39, 0.29) is 18.1 Å². The molecule has 0 unspecified atom stereocenters. The molecule has 1 atom stereocenters. The molecule has 0 radical (unpaired) electrons. The minimum atomic E-state index is -3.16. The van der Waals surface area contributed by atoms with E-state index in [2.05, 4.69) is 0 Å². The van der Waals surface area contributed by atoms with Crippen molar-refractivity contribution in [3.63, 3.8) is 0 Å². The summed E-state index contributed by atoms with van der Waals surface area (Å²) in [4.78, 5) is 28.7. The van der Waals surface area contributed by atoms with E-state index in [0.717, 1.165) is 11.3 Å². The Morgan fingerprint density at radius 1 is 1.07 bits per heavy atom. The first-order valence-corrected chi connectivity index (χ1v) is 11.6. The van der Waals surface area contributed by atoms with Crippen LogP contribution in [0.1, 0.15) is 22.3 Å². The fourth-order valence-electron chi connectivity index (χ4n) is 3.43. The smallest absolute Gasteiger partial charge is 0.338 e. The number of anilines is 1. The van der Waals surface area contributed by atoms with Gasteiger partial charge in [-0.3, -0.25) is 4.79 Å². The zero-order valence-corrected chi connectivity index (χ0v) is 18.0. The van der Waals surface area contributed by atoms with Gasteiger partial charge in [-0.2, -0.15) is 0 Å². The van der Waals surface area contributed by atoms with Crippen molar-refractivity contribution in [3.05, 3.63) is 65.7 Å². The van der Waals surface area contributed by atoms with Gasteiger partial charge in [0, 0.05) is 32.4 Å². The summed E-state index contributed by atoms with van der Waals surface area (Å²) in [6, 6.07) is 15.9. The number of sulfone groups is 1. The van der Waals surface area contributed by atoms with Gasteiger partial charge in [-0.15, -0.1) is 0 Å². The Kier molecular flexibility index (Phi) is 6.77. The first kappa shape index (κ1) is 21.8. The van der Waals surface area contributed by atoms with Crippen LogP contribution in [-0.4, -0.2) is 63.4 Å². The minimum absolute atomic E-state index is 0.0628. The number of amides is 1. The van der Waals surface area contributed by atoms with Gasteiger partial charge in [-0.05, 0) is 30.2 Å². The fraction of sp³-hybridized carbons (Fsp3) is 0.364. The molecule has 2 aromatic rings. The summed E-state index contributed by atoms with van der Waals surface area (Å²) in [7, 11) is 0.573. The predicted octanol–water partition coefficient (Wildman–Crippen LogP) is 2.13. The van der Waals surface area contributed by atoms with Crippen molar-refractivity contribution in [1.82, 2.24) is 4.90 Å². The van der Waals surface area contributed by atoms with E-state index in [1.165, 1.54) is 4.90 Å². The van der Waals surface area contributed by atoms with Crippen molar-refractivity contribution in [2.24, 2.45) is 0 Å². The number of ether oxygens (including phenoxy) is 1. The molecule has 1 aliphatic rings. The molecule has 2 aromatic carbocycles. The Morgan fingerprint density at radius 3 is 2.43 bits per heavy atom. The van der Waals surface area contributed by atoms with Gasteiger partial charge in [-0.25, -0.2) is 13.2 Å². The average Bonchev–Trinajstić information content (AvgIpc) is 3.10. The van der Waals surface area contributed by atoms with Crippen LogP contribution < -0.4 is 4.90 Å². The summed E-state index contributed by atoms with van der Waals surface area (Å²) in [5.74, 6) is -0.999. The normalized spacial score (nSPS) is 17.3. The van der Waals surface area contributed by atoms with Gasteiger partial charge >= 0.3 is 5.97 Å². The number of esters is 1. The third-order valence-electron chi connectivity index (χ3n) is 5.09. The number of benzene rings is 2. The molecular weight excluding hydrogens is 404 g/mol. The van der Waals surface area contributed by atoms with Crippen LogP contribution in [0.15, 0.2) is 54.6 Å². The first-order chi connectivity index (χ1) is 14.2. The lowest BCUT2D eigenvalue weighted by atomic mass is 10.1. The second kappa shape index (κ2) is 9.30. The number of hydrogen-bond acceptors (Lipinski definition) is 6. The molecule has 7 nitrogen and oxygen atoms in total. The summed E-state index contributed by atoms with van der Waals surface area (Å²) >= 11 is 0. The lowest BCUT2D eigenvalue weighted by Crippen LogP contribution is -2.42. The Balaban J connectivity index is 1.70. The molecule has 160 valence electrons. The summed E-state index contributed by atoms with van der Waals surface area (Å²) < 4.78 is 29.1. The highest BCUT2D eigenvalue weighted by Gasteiger charge is 2.35. The van der Waals surface area contributed by atoms with Gasteiger partial charge in [0.25, 0.3) is 5.91 Å². The molecule has 0 saturated carbocycles. The Labute approximate surface area is 177 Å². The maximum Gasteiger partial charge on any atom is 0.338 e. The highest BCUT2D eigenvalue weighted by atomic mass is 32.2. The average molecular weight is 431 g/mol. The van der Waals surface area contributed by atoms with Crippen LogP contribution in [0.2, 0.25) is 0 Å². The maximum absolute atomic E-state index is 12.9. The number of carbonyl (C=O) groups is 2. The molecular formula is C22H26N2O5S. The van der Waals surface area contributed by atoms with Crippen LogP contribution in [-0.2, 0) is 25.9 Å². The lowest BCUT2D eigenvalue weighted by Gasteiger charge is -2.28. The van der Waals surface area contributed by atoms with Crippen LogP contribution in [0.3, 0.4) is 0 Å². The van der Waals surface area contributed by atoms with Crippen molar-refractivity contribution < 1.29 is 22.7 Å². The van der Waals surface area contributed by atoms with E-state index in [1.807, 2.05) is 55.4 Å². The first-order valence-electron chi connectivity index (χ1n) is 9.73. The van der Waals surface area contributed by atoms with Crippen molar-refractivity contribution in [3.8, 4) is 0 Å². The van der Waals surface area contributed by atoms with E-state index < -0.39 is 34.4 Å². The Bertz CT molecular complexity index is 1010. The molecule has 1 aliphatic heterocycles. The van der Waals surface area contributed by atoms with Crippen LogP contribution >= 0.6 is 0 Å². The van der Waals surface area contributed by atoms with E-state index in [1.54, 1.807) is 18.2 Å². The second-order valence-electron chi connectivity index (χ2n) is 7.58. The summed E-state index contributed by atoms with van der Waals surface area (Å²) in [5, 5.41) is 0. The highest BCUT2D eigenvalue weighted by Crippen LogP contribution is 2.21. The minimum Gasteiger partial charge on any atom is -0.452 e. The van der Waals surface area contributed by atoms with Crippen molar-refractivity contribution in [2.45, 2.75) is 19.0 Å². The van der Waals surface area contributed by atoms with Crippen molar-refractivity contribution >= 4 is 27.4 Å². The summed E-state index contributed by atoms with van der Waals surface area (Å²) in [6.45, 7) is -0.165. The molecule has 1 amide bonds. The zero-order valence-electron chi connectivity index (χ0n) is 17.2. The third-order valence-corrected chi connectivity index (χ3v) is 6.84. The standard InChI is InChI=1S/C22H26N2O5S/c1-23(2)19-10-6-9-18(13-19)22(26)29-15-21(25)24(14-17-7-4-3-5-8-17)20-11-12-30(27,28)16-20/h3-10,13,20H,11-12,14-16H2,1-2H3/t20-/m0/s1. The fourth-order valence-corrected chi connectivity index (χ4v) is 5.16. The molecule has 3 rings (SSSR count). The lowest BCUT2D eigenvalue weighted by molar-refractivity contribution is -0.137. The maximum atomic E-state index is 12.9. The van der Waals surface area contributed by atoms with Crippen LogP contribution in [0.25, 0.3) is 0 Å². The molecule has 0 aromatic heterocycles. The van der Waals surface area contributed by atoms with E-state index >= 15 is 0 Å². The van der Waals surface area contributed by atoms with Gasteiger partial charge in [0.1, 0.15) is 0 Å². The molecule has 0 N–H and O–H groups in total. The highest BCUT2D eigenvalue weighted by molar-refractivity contribution is 7.91. The van der Waals surface area contributed by atoms with Crippen molar-refractivity contribution in [2.75, 3.05) is 37.1 Å². The van der Waals surface area contributed by atoms with Crippen LogP contribution in [0, 0.1) is 0 Å². The third kappa shape index (κ3) is 5.60. The molecule has 0 aliphatic carbocycles. The largest absolute Gasteiger partial charge is 0.452 e. The molecule has 0 bridgehead atoms. The molecule has 8 heteroatoms. The van der Waals surface area contributed by atoms with Crippen LogP contribution in [0.4, 0.5) is 5.69 Å². The predicted molar refractivity (Wildman–Crippen MR) is 115 cm³/mol. The monoisotopic (exact) mass is 430 g/mol. The number of carbonyl (C=O) groups excluding carboxylic acids is 2. The van der Waals surface area contributed by atoms with Crippen molar-refractivity contribution in [1.29, 1.82) is 0 Å². The van der Waals surface area contributed by atoms with Gasteiger partial charge in [0.15, 0.2) is 16.4 Å². The van der Waals surface area contributed by atoms with Gasteiger partial charge in [0.05, 0.1) is 17.1 Å². The zero-order chi connectivity index (χ0) is 21.7. The number of rotatable bonds is 7. The molecule has 1 heterocycles. The topological polar surface area (TPSA) is 84.0 Å². The molecule has 1 saturated heterocycles. The van der Waals surface area contributed by atoms with E-state index in [0.29, 0.717) is 12.0 Å². The Hall–Kier alpha value is -2.87. The van der Waals surface area contributed by atoms with E-state index in [4.69, 9.17) is 4.74 Å². The summed E-state index contributed by atoms with van der Waals surface area (Å²) in [5.41, 5.74) is 2.09. The number of nitrogens with zero attached hydrogens (tertiary/aromatic N) is 2. The quantitative estimate of drug-likeness (QED) is 0.626. The van der Waals surface area contributed by atoms with Gasteiger partial charge in [-0.1, -0.05) is 36.4 Å².